The molecule has 2 aromatic carbocycles. The first kappa shape index (κ1) is 13.8. The third-order valence-electron chi connectivity index (χ3n) is 4.13. The second kappa shape index (κ2) is 5.70. The van der Waals surface area contributed by atoms with Gasteiger partial charge in [-0.05, 0) is 42.5 Å². The maximum Gasteiger partial charge on any atom is 0.228 e. The molecule has 2 aromatic rings. The second-order valence-electron chi connectivity index (χ2n) is 5.74. The van der Waals surface area contributed by atoms with Crippen molar-refractivity contribution in [2.45, 2.75) is 25.8 Å². The molecule has 1 aliphatic rings. The molecule has 0 fully saturated rings. The maximum atomic E-state index is 12.5. The van der Waals surface area contributed by atoms with Crippen LogP contribution >= 0.6 is 0 Å². The molecule has 0 heterocycles. The highest BCUT2D eigenvalue weighted by Crippen LogP contribution is 2.28. The molecule has 0 aromatic heterocycles. The van der Waals surface area contributed by atoms with Gasteiger partial charge in [0.25, 0.3) is 0 Å². The van der Waals surface area contributed by atoms with Crippen molar-refractivity contribution < 1.29 is 4.79 Å². The predicted octanol–water partition coefficient (Wildman–Crippen LogP) is 3.06. The third-order valence-corrected chi connectivity index (χ3v) is 4.13. The predicted molar refractivity (Wildman–Crippen MR) is 85.0 cm³/mol. The van der Waals surface area contributed by atoms with E-state index in [1.54, 1.807) is 0 Å². The highest BCUT2D eigenvalue weighted by Gasteiger charge is 2.27. The SMILES string of the molecule is CC(N)c1ccccc1NC(=O)C1Cc2ccccc2C1. The minimum atomic E-state index is -0.0951. The first-order chi connectivity index (χ1) is 10.1. The van der Waals surface area contributed by atoms with Gasteiger partial charge in [-0.3, -0.25) is 4.79 Å². The van der Waals surface area contributed by atoms with Crippen molar-refractivity contribution >= 4 is 11.6 Å². The Bertz CT molecular complexity index is 639. The van der Waals surface area contributed by atoms with Crippen molar-refractivity contribution in [1.82, 2.24) is 0 Å². The van der Waals surface area contributed by atoms with E-state index in [4.69, 9.17) is 5.73 Å². The summed E-state index contributed by atoms with van der Waals surface area (Å²) < 4.78 is 0. The van der Waals surface area contributed by atoms with Gasteiger partial charge >= 0.3 is 0 Å². The van der Waals surface area contributed by atoms with Gasteiger partial charge in [0, 0.05) is 17.6 Å². The lowest BCUT2D eigenvalue weighted by Gasteiger charge is -2.16. The number of anilines is 1. The summed E-state index contributed by atoms with van der Waals surface area (Å²) >= 11 is 0. The molecule has 0 bridgehead atoms. The van der Waals surface area contributed by atoms with Gasteiger partial charge in [-0.15, -0.1) is 0 Å². The van der Waals surface area contributed by atoms with E-state index in [1.165, 1.54) is 11.1 Å². The van der Waals surface area contributed by atoms with Crippen LogP contribution in [0.3, 0.4) is 0 Å². The van der Waals surface area contributed by atoms with Crippen LogP contribution in [0.25, 0.3) is 0 Å². The Morgan fingerprint density at radius 2 is 1.67 bits per heavy atom. The Morgan fingerprint density at radius 3 is 2.29 bits per heavy atom. The quantitative estimate of drug-likeness (QED) is 0.908. The van der Waals surface area contributed by atoms with Crippen LogP contribution < -0.4 is 11.1 Å². The minimum Gasteiger partial charge on any atom is -0.326 e. The number of nitrogens with two attached hydrogens (primary N) is 1. The van der Waals surface area contributed by atoms with Crippen LogP contribution in [0.2, 0.25) is 0 Å². The summed E-state index contributed by atoms with van der Waals surface area (Å²) in [5, 5.41) is 3.05. The fourth-order valence-electron chi connectivity index (χ4n) is 2.99. The van der Waals surface area contributed by atoms with Gasteiger partial charge in [0.05, 0.1) is 0 Å². The standard InChI is InChI=1S/C18H20N2O/c1-12(19)16-8-4-5-9-17(16)20-18(21)15-10-13-6-2-3-7-14(13)11-15/h2-9,12,15H,10-11,19H2,1H3,(H,20,21). The number of hydrogen-bond acceptors (Lipinski definition) is 2. The Labute approximate surface area is 125 Å². The van der Waals surface area contributed by atoms with E-state index in [0.29, 0.717) is 0 Å². The van der Waals surface area contributed by atoms with Crippen LogP contribution in [0.4, 0.5) is 5.69 Å². The summed E-state index contributed by atoms with van der Waals surface area (Å²) in [5.74, 6) is 0.0998. The largest absolute Gasteiger partial charge is 0.326 e. The van der Waals surface area contributed by atoms with Crippen molar-refractivity contribution in [3.05, 3.63) is 65.2 Å². The first-order valence-electron chi connectivity index (χ1n) is 7.37. The topological polar surface area (TPSA) is 55.1 Å². The number of benzene rings is 2. The highest BCUT2D eigenvalue weighted by atomic mass is 16.1. The van der Waals surface area contributed by atoms with Gasteiger partial charge in [-0.2, -0.15) is 0 Å². The average Bonchev–Trinajstić information content (AvgIpc) is 2.91. The summed E-state index contributed by atoms with van der Waals surface area (Å²) in [7, 11) is 0. The Balaban J connectivity index is 1.74. The van der Waals surface area contributed by atoms with E-state index in [0.717, 1.165) is 24.1 Å². The van der Waals surface area contributed by atoms with Crippen LogP contribution in [0.15, 0.2) is 48.5 Å². The molecule has 3 N–H and O–H groups in total. The van der Waals surface area contributed by atoms with Crippen LogP contribution in [0, 0.1) is 5.92 Å². The zero-order valence-corrected chi connectivity index (χ0v) is 12.2. The van der Waals surface area contributed by atoms with E-state index >= 15 is 0 Å². The van der Waals surface area contributed by atoms with Crippen LogP contribution in [0.1, 0.15) is 29.7 Å². The van der Waals surface area contributed by atoms with E-state index in [9.17, 15) is 4.79 Å². The molecule has 0 radical (unpaired) electrons. The fourth-order valence-corrected chi connectivity index (χ4v) is 2.99. The highest BCUT2D eigenvalue weighted by molar-refractivity contribution is 5.94. The average molecular weight is 280 g/mol. The lowest BCUT2D eigenvalue weighted by atomic mass is 10.0. The molecule has 3 nitrogen and oxygen atoms in total. The number of nitrogens with one attached hydrogen (secondary N) is 1. The molecule has 1 unspecified atom stereocenters. The third kappa shape index (κ3) is 2.83. The number of carbonyl (C=O) groups excluding carboxylic acids is 1. The smallest absolute Gasteiger partial charge is 0.228 e. The summed E-state index contributed by atoms with van der Waals surface area (Å²) in [6, 6.07) is 15.9. The number of carbonyl (C=O) groups is 1. The van der Waals surface area contributed by atoms with Crippen LogP contribution in [0.5, 0.6) is 0 Å². The van der Waals surface area contributed by atoms with E-state index < -0.39 is 0 Å². The Morgan fingerprint density at radius 1 is 1.10 bits per heavy atom. The molecule has 3 heteroatoms. The van der Waals surface area contributed by atoms with Gasteiger partial charge in [0.1, 0.15) is 0 Å². The minimum absolute atomic E-state index is 0.0172. The van der Waals surface area contributed by atoms with Crippen molar-refractivity contribution in [1.29, 1.82) is 0 Å². The van der Waals surface area contributed by atoms with Crippen molar-refractivity contribution in [3.63, 3.8) is 0 Å². The summed E-state index contributed by atoms with van der Waals surface area (Å²) in [5.41, 5.74) is 10.3. The molecule has 0 saturated carbocycles. The molecule has 3 rings (SSSR count). The molecule has 1 atom stereocenters. The summed E-state index contributed by atoms with van der Waals surface area (Å²) in [4.78, 5) is 12.5. The van der Waals surface area contributed by atoms with Gasteiger partial charge < -0.3 is 11.1 Å². The maximum absolute atomic E-state index is 12.5. The molecule has 0 aliphatic heterocycles. The fraction of sp³-hybridized carbons (Fsp3) is 0.278. The zero-order valence-electron chi connectivity index (χ0n) is 12.2. The van der Waals surface area contributed by atoms with Crippen molar-refractivity contribution in [2.24, 2.45) is 11.7 Å². The van der Waals surface area contributed by atoms with Gasteiger partial charge in [0.15, 0.2) is 0 Å². The number of rotatable bonds is 3. The summed E-state index contributed by atoms with van der Waals surface area (Å²) in [6.07, 6.45) is 1.64. The Hall–Kier alpha value is -2.13. The van der Waals surface area contributed by atoms with Crippen molar-refractivity contribution in [3.8, 4) is 0 Å². The van der Waals surface area contributed by atoms with Gasteiger partial charge in [0.2, 0.25) is 5.91 Å². The second-order valence-corrected chi connectivity index (χ2v) is 5.74. The monoisotopic (exact) mass is 280 g/mol. The molecule has 21 heavy (non-hydrogen) atoms. The molecule has 108 valence electrons. The lowest BCUT2D eigenvalue weighted by Crippen LogP contribution is -2.24. The molecule has 0 saturated heterocycles. The summed E-state index contributed by atoms with van der Waals surface area (Å²) in [6.45, 7) is 1.93. The van der Waals surface area contributed by atoms with Crippen LogP contribution in [-0.2, 0) is 17.6 Å². The first-order valence-corrected chi connectivity index (χ1v) is 7.37. The number of para-hydroxylation sites is 1. The van der Waals surface area contributed by atoms with Gasteiger partial charge in [-0.25, -0.2) is 0 Å². The van der Waals surface area contributed by atoms with E-state index in [-0.39, 0.29) is 17.9 Å². The van der Waals surface area contributed by atoms with Crippen LogP contribution in [-0.4, -0.2) is 5.91 Å². The molecule has 0 spiro atoms. The molecular formula is C18H20N2O. The van der Waals surface area contributed by atoms with E-state index in [2.05, 4.69) is 17.4 Å². The number of fused-ring (bicyclic) bond motifs is 1. The normalized spacial score (nSPS) is 15.5. The number of amides is 1. The van der Waals surface area contributed by atoms with Gasteiger partial charge in [-0.1, -0.05) is 42.5 Å². The van der Waals surface area contributed by atoms with E-state index in [1.807, 2.05) is 43.3 Å². The molecular weight excluding hydrogens is 260 g/mol. The molecule has 1 amide bonds. The number of hydrogen-bond donors (Lipinski definition) is 2. The van der Waals surface area contributed by atoms with Crippen molar-refractivity contribution in [2.75, 3.05) is 5.32 Å². The molecule has 1 aliphatic carbocycles. The lowest BCUT2D eigenvalue weighted by molar-refractivity contribution is -0.119. The zero-order chi connectivity index (χ0) is 14.8. The Kier molecular flexibility index (Phi) is 3.76.